The maximum Gasteiger partial charge on any atom is 0.224 e. The van der Waals surface area contributed by atoms with Gasteiger partial charge >= 0.3 is 0 Å². The number of sulfonamides is 1. The van der Waals surface area contributed by atoms with Crippen LogP contribution in [0.25, 0.3) is 0 Å². The number of hydrogen-bond acceptors (Lipinski definition) is 3. The summed E-state index contributed by atoms with van der Waals surface area (Å²) >= 11 is 0. The van der Waals surface area contributed by atoms with E-state index in [9.17, 15) is 8.42 Å². The van der Waals surface area contributed by atoms with E-state index in [0.29, 0.717) is 6.42 Å². The van der Waals surface area contributed by atoms with Gasteiger partial charge in [0.25, 0.3) is 0 Å². The molecule has 0 aliphatic rings. The fraction of sp³-hybridized carbons (Fsp3) is 1.00. The minimum absolute atomic E-state index is 0.153. The molecular weight excluding hydrogens is 236 g/mol. The summed E-state index contributed by atoms with van der Waals surface area (Å²) in [6.07, 6.45) is 12.0. The van der Waals surface area contributed by atoms with Gasteiger partial charge in [-0.05, 0) is 6.42 Å². The molecule has 0 atom stereocenters. The number of hydrazine groups is 1. The molecule has 0 amide bonds. The molecule has 0 saturated heterocycles. The minimum Gasteiger partial charge on any atom is -0.258 e. The minimum atomic E-state index is -3.20. The summed E-state index contributed by atoms with van der Waals surface area (Å²) in [5.74, 6) is 5.04. The largest absolute Gasteiger partial charge is 0.258 e. The van der Waals surface area contributed by atoms with Gasteiger partial charge < -0.3 is 0 Å². The zero-order valence-electron chi connectivity index (χ0n) is 11.1. The smallest absolute Gasteiger partial charge is 0.224 e. The summed E-state index contributed by atoms with van der Waals surface area (Å²) in [6.45, 7) is 2.23. The zero-order chi connectivity index (χ0) is 13.0. The van der Waals surface area contributed by atoms with Gasteiger partial charge in [0.2, 0.25) is 10.0 Å². The highest BCUT2D eigenvalue weighted by Gasteiger charge is 2.05. The van der Waals surface area contributed by atoms with Crippen molar-refractivity contribution in [1.82, 2.24) is 4.83 Å². The predicted molar refractivity (Wildman–Crippen MR) is 73.0 cm³/mol. The molecule has 0 saturated carbocycles. The van der Waals surface area contributed by atoms with Crippen molar-refractivity contribution in [3.63, 3.8) is 0 Å². The number of unbranched alkanes of at least 4 members (excludes halogenated alkanes) is 9. The van der Waals surface area contributed by atoms with Crippen LogP contribution in [0.1, 0.15) is 71.1 Å². The van der Waals surface area contributed by atoms with Crippen LogP contribution in [-0.4, -0.2) is 14.2 Å². The van der Waals surface area contributed by atoms with E-state index in [4.69, 9.17) is 5.84 Å². The van der Waals surface area contributed by atoms with Gasteiger partial charge in [-0.3, -0.25) is 5.84 Å². The SMILES string of the molecule is CCCCCCCCCCCCS(=O)(=O)NN. The van der Waals surface area contributed by atoms with Crippen molar-refractivity contribution < 1.29 is 8.42 Å². The summed E-state index contributed by atoms with van der Waals surface area (Å²) in [5, 5.41) is 0. The summed E-state index contributed by atoms with van der Waals surface area (Å²) in [6, 6.07) is 0. The third kappa shape index (κ3) is 12.1. The second-order valence-electron chi connectivity index (χ2n) is 4.62. The van der Waals surface area contributed by atoms with Crippen molar-refractivity contribution in [1.29, 1.82) is 0 Å². The molecule has 0 aliphatic carbocycles. The van der Waals surface area contributed by atoms with E-state index in [1.807, 2.05) is 4.83 Å². The molecule has 0 rings (SSSR count). The molecule has 0 unspecified atom stereocenters. The van der Waals surface area contributed by atoms with Gasteiger partial charge in [-0.1, -0.05) is 64.7 Å². The van der Waals surface area contributed by atoms with Crippen LogP contribution in [0.2, 0.25) is 0 Å². The highest BCUT2D eigenvalue weighted by Crippen LogP contribution is 2.10. The number of nitrogens with one attached hydrogen (secondary N) is 1. The average Bonchev–Trinajstić information content (AvgIpc) is 2.31. The highest BCUT2D eigenvalue weighted by molar-refractivity contribution is 7.89. The first-order chi connectivity index (χ1) is 8.12. The zero-order valence-corrected chi connectivity index (χ0v) is 11.9. The number of nitrogens with two attached hydrogens (primary N) is 1. The molecule has 5 heteroatoms. The third-order valence-corrected chi connectivity index (χ3v) is 4.13. The van der Waals surface area contributed by atoms with Crippen LogP contribution in [0.5, 0.6) is 0 Å². The van der Waals surface area contributed by atoms with E-state index >= 15 is 0 Å². The van der Waals surface area contributed by atoms with Crippen molar-refractivity contribution in [2.45, 2.75) is 71.1 Å². The molecule has 3 N–H and O–H groups in total. The Balaban J connectivity index is 3.14. The third-order valence-electron chi connectivity index (χ3n) is 2.95. The Hall–Kier alpha value is -0.130. The van der Waals surface area contributed by atoms with Crippen molar-refractivity contribution >= 4 is 10.0 Å². The topological polar surface area (TPSA) is 72.2 Å². The molecule has 17 heavy (non-hydrogen) atoms. The molecule has 0 aromatic heterocycles. The van der Waals surface area contributed by atoms with Crippen molar-refractivity contribution in [2.24, 2.45) is 5.84 Å². The second kappa shape index (κ2) is 11.0. The monoisotopic (exact) mass is 264 g/mol. The first-order valence-electron chi connectivity index (χ1n) is 6.82. The van der Waals surface area contributed by atoms with Gasteiger partial charge in [0, 0.05) is 0 Å². The van der Waals surface area contributed by atoms with Crippen LogP contribution in [-0.2, 0) is 10.0 Å². The fourth-order valence-electron chi connectivity index (χ4n) is 1.84. The van der Waals surface area contributed by atoms with Gasteiger partial charge in [0.1, 0.15) is 0 Å². The molecule has 0 bridgehead atoms. The lowest BCUT2D eigenvalue weighted by molar-refractivity contribution is 0.555. The van der Waals surface area contributed by atoms with E-state index in [-0.39, 0.29) is 5.75 Å². The van der Waals surface area contributed by atoms with Gasteiger partial charge in [-0.2, -0.15) is 4.83 Å². The molecular formula is C12H28N2O2S. The number of rotatable bonds is 12. The molecule has 0 spiro atoms. The number of hydrogen-bond donors (Lipinski definition) is 2. The van der Waals surface area contributed by atoms with Gasteiger partial charge in [0.15, 0.2) is 0 Å². The average molecular weight is 264 g/mol. The van der Waals surface area contributed by atoms with Crippen LogP contribution < -0.4 is 10.7 Å². The van der Waals surface area contributed by atoms with Gasteiger partial charge in [-0.25, -0.2) is 8.42 Å². The maximum atomic E-state index is 11.0. The fourth-order valence-corrected chi connectivity index (χ4v) is 2.54. The standard InChI is InChI=1S/C12H28N2O2S/c1-2-3-4-5-6-7-8-9-10-11-12-17(15,16)14-13/h14H,2-13H2,1H3. The molecule has 0 aromatic carbocycles. The van der Waals surface area contributed by atoms with Crippen LogP contribution in [0.3, 0.4) is 0 Å². The van der Waals surface area contributed by atoms with E-state index in [1.165, 1.54) is 44.9 Å². The Labute approximate surface area is 106 Å². The maximum absolute atomic E-state index is 11.0. The normalized spacial score (nSPS) is 11.9. The molecule has 0 aromatic rings. The van der Waals surface area contributed by atoms with Crippen LogP contribution in [0, 0.1) is 0 Å². The summed E-state index contributed by atoms with van der Waals surface area (Å²) in [7, 11) is -3.20. The molecule has 4 nitrogen and oxygen atoms in total. The Morgan fingerprint density at radius 2 is 1.24 bits per heavy atom. The van der Waals surface area contributed by atoms with Crippen LogP contribution in [0.15, 0.2) is 0 Å². The van der Waals surface area contributed by atoms with Gasteiger partial charge in [-0.15, -0.1) is 0 Å². The molecule has 0 fully saturated rings. The molecule has 0 heterocycles. The van der Waals surface area contributed by atoms with Gasteiger partial charge in [0.05, 0.1) is 5.75 Å². The lowest BCUT2D eigenvalue weighted by Gasteiger charge is -2.03. The van der Waals surface area contributed by atoms with Crippen LogP contribution >= 0.6 is 0 Å². The van der Waals surface area contributed by atoms with E-state index in [0.717, 1.165) is 12.8 Å². The van der Waals surface area contributed by atoms with Crippen molar-refractivity contribution in [3.8, 4) is 0 Å². The summed E-state index contributed by atoms with van der Waals surface area (Å²) in [5.41, 5.74) is 0. The van der Waals surface area contributed by atoms with E-state index in [1.54, 1.807) is 0 Å². The summed E-state index contributed by atoms with van der Waals surface area (Å²) in [4.78, 5) is 1.84. The Kier molecular flexibility index (Phi) is 10.9. The van der Waals surface area contributed by atoms with E-state index in [2.05, 4.69) is 6.92 Å². The molecule has 0 aliphatic heterocycles. The van der Waals surface area contributed by atoms with Crippen molar-refractivity contribution in [2.75, 3.05) is 5.75 Å². The first-order valence-corrected chi connectivity index (χ1v) is 8.47. The van der Waals surface area contributed by atoms with Crippen molar-refractivity contribution in [3.05, 3.63) is 0 Å². The van der Waals surface area contributed by atoms with Crippen LogP contribution in [0.4, 0.5) is 0 Å². The highest BCUT2D eigenvalue weighted by atomic mass is 32.2. The second-order valence-corrected chi connectivity index (χ2v) is 6.49. The predicted octanol–water partition coefficient (Wildman–Crippen LogP) is 2.70. The molecule has 0 radical (unpaired) electrons. The molecule has 104 valence electrons. The Bertz CT molecular complexity index is 253. The Morgan fingerprint density at radius 1 is 0.824 bits per heavy atom. The Morgan fingerprint density at radius 3 is 1.65 bits per heavy atom. The summed E-state index contributed by atoms with van der Waals surface area (Å²) < 4.78 is 22.0. The quantitative estimate of drug-likeness (QED) is 0.323. The van der Waals surface area contributed by atoms with E-state index < -0.39 is 10.0 Å². The first kappa shape index (κ1) is 16.9. The lowest BCUT2D eigenvalue weighted by Crippen LogP contribution is -2.32. The lowest BCUT2D eigenvalue weighted by atomic mass is 10.1.